The minimum Gasteiger partial charge on any atom is -0.468 e. The van der Waals surface area contributed by atoms with Gasteiger partial charge in [0, 0.05) is 12.7 Å². The largest absolute Gasteiger partial charge is 0.468 e. The average molecular weight is 498 g/mol. The number of benzene rings is 1. The number of rotatable bonds is 10. The molecule has 2 aromatic rings. The summed E-state index contributed by atoms with van der Waals surface area (Å²) in [7, 11) is -3.53. The van der Waals surface area contributed by atoms with Gasteiger partial charge in [-0.3, -0.25) is 9.69 Å². The summed E-state index contributed by atoms with van der Waals surface area (Å²) in [6.45, 7) is -0.784. The molecule has 0 aliphatic heterocycles. The number of amides is 1. The van der Waals surface area contributed by atoms with Crippen LogP contribution in [0, 0.1) is 5.92 Å². The van der Waals surface area contributed by atoms with E-state index in [0.717, 1.165) is 25.5 Å². The van der Waals surface area contributed by atoms with Crippen LogP contribution in [-0.4, -0.2) is 60.1 Å². The third kappa shape index (κ3) is 6.63. The maximum atomic E-state index is 13.2. The molecule has 1 saturated carbocycles. The minimum atomic E-state index is -3.53. The van der Waals surface area contributed by atoms with Crippen LogP contribution >= 0.6 is 11.6 Å². The van der Waals surface area contributed by atoms with E-state index in [1.807, 2.05) is 0 Å². The molecule has 0 radical (unpaired) electrons. The Kier molecular flexibility index (Phi) is 8.63. The zero-order valence-electron chi connectivity index (χ0n) is 18.4. The van der Waals surface area contributed by atoms with E-state index in [-0.39, 0.29) is 27.5 Å². The van der Waals surface area contributed by atoms with Crippen LogP contribution in [0.25, 0.3) is 0 Å². The standard InChI is InChI=1S/C22H28ClN3O6S/c1-33(30,31)19-8-7-16(10-18(19)23)26(22(29)9-6-15-4-2-3-5-15)20-11-25-21(12-24-20)32-17(13-27)14-28/h7-8,10-12,15,17,27-28H,2-6,9,13-14H2,1H3. The third-order valence-corrected chi connectivity index (χ3v) is 7.18. The lowest BCUT2D eigenvalue weighted by atomic mass is 10.0. The number of carbonyl (C=O) groups is 1. The van der Waals surface area contributed by atoms with Crippen molar-refractivity contribution in [3.05, 3.63) is 35.6 Å². The molecule has 33 heavy (non-hydrogen) atoms. The second-order valence-corrected chi connectivity index (χ2v) is 10.5. The van der Waals surface area contributed by atoms with E-state index in [9.17, 15) is 13.2 Å². The van der Waals surface area contributed by atoms with Gasteiger partial charge in [0.2, 0.25) is 11.8 Å². The van der Waals surface area contributed by atoms with Crippen molar-refractivity contribution in [1.29, 1.82) is 0 Å². The third-order valence-electron chi connectivity index (χ3n) is 5.60. The first-order chi connectivity index (χ1) is 15.7. The molecule has 0 bridgehead atoms. The lowest BCUT2D eigenvalue weighted by Gasteiger charge is -2.23. The van der Waals surface area contributed by atoms with Gasteiger partial charge in [0.15, 0.2) is 15.7 Å². The number of halogens is 1. The van der Waals surface area contributed by atoms with E-state index in [0.29, 0.717) is 18.0 Å². The lowest BCUT2D eigenvalue weighted by molar-refractivity contribution is -0.118. The van der Waals surface area contributed by atoms with Crippen LogP contribution in [0.1, 0.15) is 38.5 Å². The molecule has 0 atom stereocenters. The molecule has 0 unspecified atom stereocenters. The number of hydrogen-bond acceptors (Lipinski definition) is 8. The minimum absolute atomic E-state index is 0.00485. The molecule has 2 N–H and O–H groups in total. The van der Waals surface area contributed by atoms with E-state index in [2.05, 4.69) is 9.97 Å². The second kappa shape index (κ2) is 11.2. The Balaban J connectivity index is 1.90. The van der Waals surface area contributed by atoms with Gasteiger partial charge in [-0.15, -0.1) is 0 Å². The Bertz CT molecular complexity index is 1050. The summed E-state index contributed by atoms with van der Waals surface area (Å²) in [5.74, 6) is 0.599. The molecule has 9 nitrogen and oxygen atoms in total. The molecular formula is C22H28ClN3O6S. The smallest absolute Gasteiger partial charge is 0.232 e. The van der Waals surface area contributed by atoms with Crippen LogP contribution in [-0.2, 0) is 14.6 Å². The van der Waals surface area contributed by atoms with Crippen molar-refractivity contribution < 1.29 is 28.2 Å². The Morgan fingerprint density at radius 2 is 1.91 bits per heavy atom. The quantitative estimate of drug-likeness (QED) is 0.512. The Morgan fingerprint density at radius 3 is 2.45 bits per heavy atom. The predicted molar refractivity (Wildman–Crippen MR) is 124 cm³/mol. The molecule has 11 heteroatoms. The number of hydrogen-bond donors (Lipinski definition) is 2. The Hall–Kier alpha value is -2.27. The average Bonchev–Trinajstić information content (AvgIpc) is 3.30. The molecule has 0 spiro atoms. The van der Waals surface area contributed by atoms with Gasteiger partial charge in [0.25, 0.3) is 0 Å². The van der Waals surface area contributed by atoms with E-state index in [4.69, 9.17) is 26.6 Å². The van der Waals surface area contributed by atoms with E-state index < -0.39 is 29.2 Å². The van der Waals surface area contributed by atoms with Crippen LogP contribution < -0.4 is 9.64 Å². The van der Waals surface area contributed by atoms with Crippen molar-refractivity contribution in [2.45, 2.75) is 49.5 Å². The number of carbonyl (C=O) groups excluding carboxylic acids is 1. The highest BCUT2D eigenvalue weighted by Gasteiger charge is 2.24. The van der Waals surface area contributed by atoms with Crippen LogP contribution in [0.3, 0.4) is 0 Å². The summed E-state index contributed by atoms with van der Waals surface area (Å²) in [6.07, 6.45) is 8.51. The van der Waals surface area contributed by atoms with Crippen molar-refractivity contribution in [3.8, 4) is 5.88 Å². The van der Waals surface area contributed by atoms with Crippen molar-refractivity contribution in [2.24, 2.45) is 5.92 Å². The first-order valence-electron chi connectivity index (χ1n) is 10.8. The molecule has 1 aliphatic carbocycles. The van der Waals surface area contributed by atoms with Crippen LogP contribution in [0.4, 0.5) is 11.5 Å². The maximum Gasteiger partial charge on any atom is 0.232 e. The highest BCUT2D eigenvalue weighted by molar-refractivity contribution is 7.90. The number of aliphatic hydroxyl groups is 2. The Labute approximate surface area is 198 Å². The second-order valence-electron chi connectivity index (χ2n) is 8.12. The molecular weight excluding hydrogens is 470 g/mol. The summed E-state index contributed by atoms with van der Waals surface area (Å²) < 4.78 is 29.2. The SMILES string of the molecule is CS(=O)(=O)c1ccc(N(C(=O)CCC2CCCC2)c2cnc(OC(CO)CO)cn2)cc1Cl. The van der Waals surface area contributed by atoms with Gasteiger partial charge < -0.3 is 14.9 Å². The van der Waals surface area contributed by atoms with E-state index >= 15 is 0 Å². The normalized spacial score (nSPS) is 14.6. The van der Waals surface area contributed by atoms with Gasteiger partial charge in [0.05, 0.1) is 41.2 Å². The topological polar surface area (TPSA) is 130 Å². The number of sulfone groups is 1. The summed E-state index contributed by atoms with van der Waals surface area (Å²) in [5, 5.41) is 18.3. The molecule has 3 rings (SSSR count). The monoisotopic (exact) mass is 497 g/mol. The van der Waals surface area contributed by atoms with Crippen molar-refractivity contribution in [2.75, 3.05) is 24.4 Å². The fourth-order valence-corrected chi connectivity index (χ4v) is 5.18. The van der Waals surface area contributed by atoms with Gasteiger partial charge in [-0.05, 0) is 30.5 Å². The Morgan fingerprint density at radius 1 is 1.21 bits per heavy atom. The molecule has 0 saturated heterocycles. The van der Waals surface area contributed by atoms with Gasteiger partial charge in [-0.2, -0.15) is 0 Å². The molecule has 1 heterocycles. The van der Waals surface area contributed by atoms with Crippen LogP contribution in [0.2, 0.25) is 5.02 Å². The molecule has 1 amide bonds. The molecule has 1 aromatic heterocycles. The summed E-state index contributed by atoms with van der Waals surface area (Å²) >= 11 is 6.22. The summed E-state index contributed by atoms with van der Waals surface area (Å²) in [5.41, 5.74) is 0.371. The number of nitrogens with zero attached hydrogens (tertiary/aromatic N) is 3. The highest BCUT2D eigenvalue weighted by atomic mass is 35.5. The first kappa shape index (κ1) is 25.4. The van der Waals surface area contributed by atoms with E-state index in [1.165, 1.54) is 48.3 Å². The number of aromatic nitrogens is 2. The lowest BCUT2D eigenvalue weighted by Crippen LogP contribution is -2.28. The number of anilines is 2. The fraction of sp³-hybridized carbons (Fsp3) is 0.500. The molecule has 1 fully saturated rings. The van der Waals surface area contributed by atoms with Gasteiger partial charge in [-0.25, -0.2) is 18.4 Å². The molecule has 1 aromatic carbocycles. The van der Waals surface area contributed by atoms with Gasteiger partial charge in [-0.1, -0.05) is 37.3 Å². The van der Waals surface area contributed by atoms with Crippen molar-refractivity contribution >= 4 is 38.9 Å². The zero-order valence-corrected chi connectivity index (χ0v) is 19.9. The highest BCUT2D eigenvalue weighted by Crippen LogP contribution is 2.33. The zero-order chi connectivity index (χ0) is 24.0. The van der Waals surface area contributed by atoms with E-state index in [1.54, 1.807) is 0 Å². The van der Waals surface area contributed by atoms with Gasteiger partial charge >= 0.3 is 0 Å². The fourth-order valence-electron chi connectivity index (χ4n) is 3.86. The molecule has 180 valence electrons. The van der Waals surface area contributed by atoms with Gasteiger partial charge in [0.1, 0.15) is 6.10 Å². The number of aliphatic hydroxyl groups excluding tert-OH is 2. The summed E-state index contributed by atoms with van der Waals surface area (Å²) in [4.78, 5) is 23.0. The van der Waals surface area contributed by atoms with Crippen molar-refractivity contribution in [3.63, 3.8) is 0 Å². The predicted octanol–water partition coefficient (Wildman–Crippen LogP) is 2.90. The first-order valence-corrected chi connectivity index (χ1v) is 13.0. The summed E-state index contributed by atoms with van der Waals surface area (Å²) in [6, 6.07) is 4.29. The number of ether oxygens (including phenoxy) is 1. The molecule has 1 aliphatic rings. The van der Waals surface area contributed by atoms with Crippen LogP contribution in [0.15, 0.2) is 35.5 Å². The van der Waals surface area contributed by atoms with Crippen LogP contribution in [0.5, 0.6) is 5.88 Å². The van der Waals surface area contributed by atoms with Crippen molar-refractivity contribution in [1.82, 2.24) is 9.97 Å². The maximum absolute atomic E-state index is 13.2.